The SMILES string of the molecule is Bc1cnc(NC(=O)[C@]2(C)CCCN2c2nc(Nc3cc(C4CC4)n[nH]3)c3cccn3n2)cn1. The van der Waals surface area contributed by atoms with E-state index in [0.717, 1.165) is 29.0 Å². The van der Waals surface area contributed by atoms with Gasteiger partial charge in [0.2, 0.25) is 5.95 Å². The van der Waals surface area contributed by atoms with E-state index < -0.39 is 5.54 Å². The molecule has 1 saturated carbocycles. The van der Waals surface area contributed by atoms with E-state index in [1.54, 1.807) is 16.9 Å². The first kappa shape index (κ1) is 20.6. The summed E-state index contributed by atoms with van der Waals surface area (Å²) in [4.78, 5) is 28.7. The topological polar surface area (TPSA) is 129 Å². The zero-order valence-corrected chi connectivity index (χ0v) is 19.1. The lowest BCUT2D eigenvalue weighted by Crippen LogP contribution is -2.52. The predicted molar refractivity (Wildman–Crippen MR) is 131 cm³/mol. The maximum absolute atomic E-state index is 13.4. The van der Waals surface area contributed by atoms with Crippen LogP contribution in [0.25, 0.3) is 5.52 Å². The molecule has 1 atom stereocenters. The minimum atomic E-state index is -0.822. The third-order valence-electron chi connectivity index (χ3n) is 6.62. The monoisotopic (exact) mass is 456 g/mol. The van der Waals surface area contributed by atoms with Gasteiger partial charge in [0.1, 0.15) is 16.9 Å². The lowest BCUT2D eigenvalue weighted by atomic mass is 9.98. The summed E-state index contributed by atoms with van der Waals surface area (Å²) in [5.41, 5.74) is 1.89. The average Bonchev–Trinajstić information content (AvgIpc) is 3.20. The Labute approximate surface area is 196 Å². The molecule has 3 N–H and O–H groups in total. The van der Waals surface area contributed by atoms with Gasteiger partial charge in [0.25, 0.3) is 5.91 Å². The molecule has 172 valence electrons. The third-order valence-corrected chi connectivity index (χ3v) is 6.62. The Bertz CT molecular complexity index is 1360. The molecule has 0 unspecified atom stereocenters. The number of H-pyrrole nitrogens is 1. The van der Waals surface area contributed by atoms with Gasteiger partial charge in [-0.3, -0.25) is 14.9 Å². The number of amides is 1. The van der Waals surface area contributed by atoms with Crippen LogP contribution in [0.3, 0.4) is 0 Å². The molecule has 0 bridgehead atoms. The van der Waals surface area contributed by atoms with Crippen molar-refractivity contribution in [2.75, 3.05) is 22.1 Å². The van der Waals surface area contributed by atoms with E-state index in [4.69, 9.17) is 10.1 Å². The van der Waals surface area contributed by atoms with Gasteiger partial charge in [0.15, 0.2) is 19.5 Å². The summed E-state index contributed by atoms with van der Waals surface area (Å²) in [5, 5.41) is 18.5. The van der Waals surface area contributed by atoms with Gasteiger partial charge in [-0.05, 0) is 44.7 Å². The highest BCUT2D eigenvalue weighted by Gasteiger charge is 2.45. The molecule has 12 heteroatoms. The van der Waals surface area contributed by atoms with Crippen LogP contribution in [0.15, 0.2) is 36.8 Å². The zero-order valence-electron chi connectivity index (χ0n) is 19.1. The minimum Gasteiger partial charge on any atom is -0.325 e. The summed E-state index contributed by atoms with van der Waals surface area (Å²) in [6.45, 7) is 2.59. The highest BCUT2D eigenvalue weighted by atomic mass is 16.2. The second kappa shape index (κ2) is 7.82. The van der Waals surface area contributed by atoms with E-state index in [0.29, 0.717) is 36.5 Å². The lowest BCUT2D eigenvalue weighted by molar-refractivity contribution is -0.120. The summed E-state index contributed by atoms with van der Waals surface area (Å²) in [7, 11) is 1.86. The molecule has 5 heterocycles. The van der Waals surface area contributed by atoms with Crippen molar-refractivity contribution < 1.29 is 4.79 Å². The number of fused-ring (bicyclic) bond motifs is 1. The third kappa shape index (κ3) is 3.64. The number of aromatic nitrogens is 7. The zero-order chi connectivity index (χ0) is 23.3. The fourth-order valence-electron chi connectivity index (χ4n) is 4.47. The largest absolute Gasteiger partial charge is 0.325 e. The second-order valence-corrected chi connectivity index (χ2v) is 9.23. The highest BCUT2D eigenvalue weighted by Crippen LogP contribution is 2.40. The number of carbonyl (C=O) groups is 1. The number of carbonyl (C=O) groups excluding carboxylic acids is 1. The first-order valence-electron chi connectivity index (χ1n) is 11.5. The van der Waals surface area contributed by atoms with E-state index >= 15 is 0 Å². The van der Waals surface area contributed by atoms with Gasteiger partial charge in [-0.15, -0.1) is 5.10 Å². The molecule has 2 fully saturated rings. The number of nitrogens with one attached hydrogen (secondary N) is 3. The van der Waals surface area contributed by atoms with E-state index in [1.165, 1.54) is 12.8 Å². The van der Waals surface area contributed by atoms with Gasteiger partial charge >= 0.3 is 0 Å². The van der Waals surface area contributed by atoms with Gasteiger partial charge in [0.05, 0.1) is 11.9 Å². The molecule has 0 spiro atoms. The Hall–Kier alpha value is -3.96. The standard InChI is InChI=1S/C22H25BN10O/c1-22(20(34)27-18-12-24-16(23)11-25-18)7-3-8-32(22)21-28-19(15-4-2-9-33(15)31-21)26-17-10-14(29-30-17)13-5-6-13/h2,4,9-13H,3,5-8,23H2,1H3,(H,25,27,34)(H2,26,28,29,30,31)/t22-/m0/s1. The van der Waals surface area contributed by atoms with Crippen molar-refractivity contribution in [3.8, 4) is 0 Å². The van der Waals surface area contributed by atoms with Gasteiger partial charge in [0, 0.05) is 36.5 Å². The maximum Gasteiger partial charge on any atom is 0.251 e. The van der Waals surface area contributed by atoms with Gasteiger partial charge in [-0.1, -0.05) is 0 Å². The molecule has 6 rings (SSSR count). The van der Waals surface area contributed by atoms with Crippen LogP contribution < -0.4 is 21.1 Å². The fourth-order valence-corrected chi connectivity index (χ4v) is 4.47. The molecule has 1 amide bonds. The number of hydrogen-bond acceptors (Lipinski definition) is 8. The van der Waals surface area contributed by atoms with Crippen LogP contribution in [0.5, 0.6) is 0 Å². The summed E-state index contributed by atoms with van der Waals surface area (Å²) >= 11 is 0. The van der Waals surface area contributed by atoms with Gasteiger partial charge in [-0.2, -0.15) is 10.1 Å². The number of nitrogens with zero attached hydrogens (tertiary/aromatic N) is 7. The van der Waals surface area contributed by atoms with Crippen LogP contribution in [-0.2, 0) is 4.79 Å². The average molecular weight is 456 g/mol. The van der Waals surface area contributed by atoms with Crippen molar-refractivity contribution in [3.63, 3.8) is 0 Å². The number of anilines is 4. The van der Waals surface area contributed by atoms with E-state index in [9.17, 15) is 4.79 Å². The van der Waals surface area contributed by atoms with E-state index in [1.807, 2.05) is 44.1 Å². The maximum atomic E-state index is 13.4. The number of rotatable bonds is 6. The van der Waals surface area contributed by atoms with Crippen LogP contribution in [-0.4, -0.2) is 60.6 Å². The van der Waals surface area contributed by atoms with Gasteiger partial charge < -0.3 is 15.5 Å². The number of hydrogen-bond donors (Lipinski definition) is 3. The minimum absolute atomic E-state index is 0.156. The van der Waals surface area contributed by atoms with Crippen molar-refractivity contribution in [2.45, 2.75) is 44.1 Å². The van der Waals surface area contributed by atoms with Crippen molar-refractivity contribution in [2.24, 2.45) is 0 Å². The Morgan fingerprint density at radius 1 is 1.29 bits per heavy atom. The molecule has 1 aliphatic carbocycles. The molecule has 11 nitrogen and oxygen atoms in total. The summed E-state index contributed by atoms with van der Waals surface area (Å²) in [6, 6.07) is 5.92. The van der Waals surface area contributed by atoms with Gasteiger partial charge in [-0.25, -0.2) is 9.50 Å². The first-order valence-corrected chi connectivity index (χ1v) is 11.5. The van der Waals surface area contributed by atoms with Crippen LogP contribution in [0.2, 0.25) is 0 Å². The molecular weight excluding hydrogens is 431 g/mol. The van der Waals surface area contributed by atoms with Crippen molar-refractivity contribution in [1.29, 1.82) is 0 Å². The Balaban J connectivity index is 1.31. The molecule has 1 aliphatic heterocycles. The summed E-state index contributed by atoms with van der Waals surface area (Å²) in [5.74, 6) is 2.76. The molecule has 4 aromatic rings. The molecule has 1 saturated heterocycles. The second-order valence-electron chi connectivity index (χ2n) is 9.23. The molecule has 2 aliphatic rings. The number of aromatic amines is 1. The highest BCUT2D eigenvalue weighted by molar-refractivity contribution is 6.30. The van der Waals surface area contributed by atoms with Crippen molar-refractivity contribution in [3.05, 3.63) is 42.5 Å². The van der Waals surface area contributed by atoms with Crippen LogP contribution in [0.1, 0.15) is 44.2 Å². The van der Waals surface area contributed by atoms with Crippen LogP contribution >= 0.6 is 0 Å². The molecule has 4 aromatic heterocycles. The normalized spacial score (nSPS) is 20.1. The fraction of sp³-hybridized carbons (Fsp3) is 0.364. The summed E-state index contributed by atoms with van der Waals surface area (Å²) in [6.07, 6.45) is 8.99. The molecular formula is C22H25BN10O. The van der Waals surface area contributed by atoms with Crippen LogP contribution in [0.4, 0.5) is 23.4 Å². The lowest BCUT2D eigenvalue weighted by Gasteiger charge is -2.33. The Kier molecular flexibility index (Phi) is 4.75. The Morgan fingerprint density at radius 3 is 2.97 bits per heavy atom. The van der Waals surface area contributed by atoms with Crippen molar-refractivity contribution in [1.82, 2.24) is 34.8 Å². The smallest absolute Gasteiger partial charge is 0.251 e. The van der Waals surface area contributed by atoms with E-state index in [-0.39, 0.29) is 5.91 Å². The Morgan fingerprint density at radius 2 is 2.18 bits per heavy atom. The molecule has 0 radical (unpaired) electrons. The molecule has 0 aromatic carbocycles. The van der Waals surface area contributed by atoms with Crippen LogP contribution in [0, 0.1) is 0 Å². The van der Waals surface area contributed by atoms with E-state index in [2.05, 4.69) is 30.8 Å². The quantitative estimate of drug-likeness (QED) is 0.368. The molecule has 34 heavy (non-hydrogen) atoms. The first-order chi connectivity index (χ1) is 16.5. The van der Waals surface area contributed by atoms with Crippen molar-refractivity contribution >= 4 is 48.3 Å². The summed E-state index contributed by atoms with van der Waals surface area (Å²) < 4.78 is 1.78. The predicted octanol–water partition coefficient (Wildman–Crippen LogP) is 1.12.